The third-order valence-electron chi connectivity index (χ3n) is 4.01. The monoisotopic (exact) mass is 279 g/mol. The van der Waals surface area contributed by atoms with Gasteiger partial charge in [0.2, 0.25) is 11.8 Å². The van der Waals surface area contributed by atoms with E-state index in [0.717, 1.165) is 25.7 Å². The molecule has 1 atom stereocenters. The Balaban J connectivity index is 1.80. The van der Waals surface area contributed by atoms with E-state index in [0.29, 0.717) is 12.8 Å². The zero-order chi connectivity index (χ0) is 13.2. The second-order valence-corrected chi connectivity index (χ2v) is 6.22. The normalized spacial score (nSPS) is 36.1. The highest BCUT2D eigenvalue weighted by Gasteiger charge is 2.39. The van der Waals surface area contributed by atoms with Crippen LogP contribution in [0.3, 0.4) is 0 Å². The standard InChI is InChI=1S/C13H20ClF2NO/c14-10-3-5-11(6-4-10)17-12(18)9-2-1-7-13(15,16)8-9/h9-11H,1-8H2,(H,17,18). The number of hydrogen-bond acceptors (Lipinski definition) is 1. The molecule has 0 bridgehead atoms. The Bertz CT molecular complexity index is 303. The topological polar surface area (TPSA) is 29.1 Å². The molecular formula is C13H20ClF2NO. The number of rotatable bonds is 2. The second kappa shape index (κ2) is 5.72. The van der Waals surface area contributed by atoms with Crippen molar-refractivity contribution in [3.05, 3.63) is 0 Å². The first-order valence-electron chi connectivity index (χ1n) is 6.78. The van der Waals surface area contributed by atoms with Crippen LogP contribution in [0.15, 0.2) is 0 Å². The van der Waals surface area contributed by atoms with E-state index < -0.39 is 11.8 Å². The third-order valence-corrected chi connectivity index (χ3v) is 4.45. The molecule has 2 nitrogen and oxygen atoms in total. The van der Waals surface area contributed by atoms with Crippen LogP contribution in [-0.2, 0) is 4.79 Å². The number of alkyl halides is 3. The van der Waals surface area contributed by atoms with E-state index >= 15 is 0 Å². The van der Waals surface area contributed by atoms with Crippen LogP contribution < -0.4 is 5.32 Å². The highest BCUT2D eigenvalue weighted by molar-refractivity contribution is 6.20. The fourth-order valence-corrected chi connectivity index (χ4v) is 3.16. The Morgan fingerprint density at radius 3 is 2.44 bits per heavy atom. The van der Waals surface area contributed by atoms with Crippen LogP contribution in [-0.4, -0.2) is 23.2 Å². The van der Waals surface area contributed by atoms with Gasteiger partial charge < -0.3 is 5.32 Å². The van der Waals surface area contributed by atoms with Crippen LogP contribution in [0.25, 0.3) is 0 Å². The summed E-state index contributed by atoms with van der Waals surface area (Å²) >= 11 is 5.99. The molecule has 0 heterocycles. The lowest BCUT2D eigenvalue weighted by Gasteiger charge is -2.31. The maximum absolute atomic E-state index is 13.2. The first-order valence-corrected chi connectivity index (χ1v) is 7.22. The van der Waals surface area contributed by atoms with E-state index in [2.05, 4.69) is 5.32 Å². The Kier molecular flexibility index (Phi) is 4.46. The summed E-state index contributed by atoms with van der Waals surface area (Å²) < 4.78 is 26.5. The average Bonchev–Trinajstić information content (AvgIpc) is 2.31. The molecule has 2 aliphatic carbocycles. The summed E-state index contributed by atoms with van der Waals surface area (Å²) in [5.41, 5.74) is 0. The molecule has 1 unspecified atom stereocenters. The van der Waals surface area contributed by atoms with Crippen molar-refractivity contribution in [2.75, 3.05) is 0 Å². The lowest BCUT2D eigenvalue weighted by Crippen LogP contribution is -2.43. The molecule has 0 saturated heterocycles. The van der Waals surface area contributed by atoms with Crippen LogP contribution in [0, 0.1) is 5.92 Å². The Morgan fingerprint density at radius 1 is 1.17 bits per heavy atom. The van der Waals surface area contributed by atoms with E-state index in [9.17, 15) is 13.6 Å². The van der Waals surface area contributed by atoms with Gasteiger partial charge in [-0.05, 0) is 38.5 Å². The average molecular weight is 280 g/mol. The van der Waals surface area contributed by atoms with Crippen molar-refractivity contribution in [1.82, 2.24) is 5.32 Å². The summed E-state index contributed by atoms with van der Waals surface area (Å²) in [4.78, 5) is 12.0. The van der Waals surface area contributed by atoms with Gasteiger partial charge in [-0.2, -0.15) is 0 Å². The quantitative estimate of drug-likeness (QED) is 0.771. The molecule has 2 rings (SSSR count). The minimum absolute atomic E-state index is 0.0753. The van der Waals surface area contributed by atoms with Crippen molar-refractivity contribution in [2.45, 2.75) is 68.7 Å². The van der Waals surface area contributed by atoms with Crippen molar-refractivity contribution in [2.24, 2.45) is 5.92 Å². The van der Waals surface area contributed by atoms with E-state index in [4.69, 9.17) is 11.6 Å². The lowest BCUT2D eigenvalue weighted by molar-refractivity contribution is -0.133. The maximum Gasteiger partial charge on any atom is 0.248 e. The van der Waals surface area contributed by atoms with Gasteiger partial charge in [0, 0.05) is 30.2 Å². The van der Waals surface area contributed by atoms with Crippen LogP contribution in [0.5, 0.6) is 0 Å². The highest BCUT2D eigenvalue weighted by atomic mass is 35.5. The van der Waals surface area contributed by atoms with Gasteiger partial charge in [-0.25, -0.2) is 8.78 Å². The lowest BCUT2D eigenvalue weighted by atomic mass is 9.85. The fourth-order valence-electron chi connectivity index (χ4n) is 2.91. The predicted molar refractivity (Wildman–Crippen MR) is 66.9 cm³/mol. The van der Waals surface area contributed by atoms with Gasteiger partial charge in [0.15, 0.2) is 0 Å². The van der Waals surface area contributed by atoms with Crippen molar-refractivity contribution in [3.63, 3.8) is 0 Å². The molecule has 5 heteroatoms. The molecule has 0 aromatic rings. The molecule has 0 radical (unpaired) electrons. The van der Waals surface area contributed by atoms with Crippen LogP contribution in [0.2, 0.25) is 0 Å². The van der Waals surface area contributed by atoms with Gasteiger partial charge >= 0.3 is 0 Å². The number of carbonyl (C=O) groups is 1. The Morgan fingerprint density at radius 2 is 1.83 bits per heavy atom. The molecule has 2 aliphatic rings. The van der Waals surface area contributed by atoms with E-state index in [1.54, 1.807) is 0 Å². The summed E-state index contributed by atoms with van der Waals surface area (Å²) in [5, 5.41) is 3.12. The number of hydrogen-bond donors (Lipinski definition) is 1. The van der Waals surface area contributed by atoms with Crippen molar-refractivity contribution in [3.8, 4) is 0 Å². The molecule has 1 N–H and O–H groups in total. The fraction of sp³-hybridized carbons (Fsp3) is 0.923. The maximum atomic E-state index is 13.2. The molecule has 0 aromatic heterocycles. The van der Waals surface area contributed by atoms with Gasteiger partial charge in [-0.15, -0.1) is 11.6 Å². The minimum atomic E-state index is -2.66. The van der Waals surface area contributed by atoms with E-state index in [-0.39, 0.29) is 30.2 Å². The SMILES string of the molecule is O=C(NC1CCC(Cl)CC1)C1CCCC(F)(F)C1. The Labute approximate surface area is 111 Å². The summed E-state index contributed by atoms with van der Waals surface area (Å²) in [6.07, 6.45) is 4.19. The number of carbonyl (C=O) groups excluding carboxylic acids is 1. The highest BCUT2D eigenvalue weighted by Crippen LogP contribution is 2.36. The molecule has 1 amide bonds. The largest absolute Gasteiger partial charge is 0.353 e. The van der Waals surface area contributed by atoms with Gasteiger partial charge in [-0.3, -0.25) is 4.79 Å². The molecule has 2 fully saturated rings. The van der Waals surface area contributed by atoms with Crippen LogP contribution >= 0.6 is 11.6 Å². The molecule has 104 valence electrons. The van der Waals surface area contributed by atoms with Crippen molar-refractivity contribution >= 4 is 17.5 Å². The van der Waals surface area contributed by atoms with E-state index in [1.807, 2.05) is 0 Å². The second-order valence-electron chi connectivity index (χ2n) is 5.61. The first-order chi connectivity index (χ1) is 8.46. The number of nitrogens with one attached hydrogen (secondary N) is 1. The molecule has 2 saturated carbocycles. The minimum Gasteiger partial charge on any atom is -0.353 e. The Hall–Kier alpha value is -0.380. The first kappa shape index (κ1) is 14.0. The van der Waals surface area contributed by atoms with Crippen molar-refractivity contribution < 1.29 is 13.6 Å². The molecule has 0 aliphatic heterocycles. The number of halogens is 3. The third kappa shape index (κ3) is 3.81. The van der Waals surface area contributed by atoms with Crippen LogP contribution in [0.1, 0.15) is 51.4 Å². The molecule has 0 aromatic carbocycles. The van der Waals surface area contributed by atoms with Crippen LogP contribution in [0.4, 0.5) is 8.78 Å². The summed E-state index contributed by atoms with van der Waals surface area (Å²) in [5.74, 6) is -3.36. The smallest absolute Gasteiger partial charge is 0.248 e. The summed E-state index contributed by atoms with van der Waals surface area (Å²) in [7, 11) is 0. The van der Waals surface area contributed by atoms with Gasteiger partial charge in [0.25, 0.3) is 0 Å². The van der Waals surface area contributed by atoms with Gasteiger partial charge in [0.1, 0.15) is 0 Å². The van der Waals surface area contributed by atoms with Gasteiger partial charge in [-0.1, -0.05) is 0 Å². The zero-order valence-corrected chi connectivity index (χ0v) is 11.2. The molecule has 0 spiro atoms. The predicted octanol–water partition coefficient (Wildman–Crippen LogP) is 3.48. The zero-order valence-electron chi connectivity index (χ0n) is 10.4. The summed E-state index contributed by atoms with van der Waals surface area (Å²) in [6.45, 7) is 0. The molecular weight excluding hydrogens is 260 g/mol. The van der Waals surface area contributed by atoms with E-state index in [1.165, 1.54) is 0 Å². The number of amides is 1. The summed E-state index contributed by atoms with van der Waals surface area (Å²) in [6, 6.07) is 0.128. The van der Waals surface area contributed by atoms with Gasteiger partial charge in [0.05, 0.1) is 0 Å². The molecule has 18 heavy (non-hydrogen) atoms. The van der Waals surface area contributed by atoms with Crippen molar-refractivity contribution in [1.29, 1.82) is 0 Å².